The predicted molar refractivity (Wildman–Crippen MR) is 117 cm³/mol. The maximum absolute atomic E-state index is 13.0. The summed E-state index contributed by atoms with van der Waals surface area (Å²) in [5.41, 5.74) is 2.24. The molecule has 2 aromatic heterocycles. The number of aryl methyl sites for hydroxylation is 2. The fourth-order valence-corrected chi connectivity index (χ4v) is 5.57. The molecule has 0 N–H and O–H groups in total. The van der Waals surface area contributed by atoms with Gasteiger partial charge in [0.2, 0.25) is 5.91 Å². The van der Waals surface area contributed by atoms with Crippen molar-refractivity contribution in [1.29, 1.82) is 0 Å². The Hall–Kier alpha value is -1.41. The van der Waals surface area contributed by atoms with Crippen LogP contribution in [-0.4, -0.2) is 69.7 Å². The molecule has 2 aromatic rings. The third-order valence-corrected chi connectivity index (χ3v) is 7.58. The first-order valence-corrected chi connectivity index (χ1v) is 11.8. The lowest BCUT2D eigenvalue weighted by Gasteiger charge is -2.35. The summed E-state index contributed by atoms with van der Waals surface area (Å²) in [5, 5.41) is 7.37. The minimum atomic E-state index is 0.276. The molecule has 1 unspecified atom stereocenters. The molecule has 0 radical (unpaired) electrons. The zero-order valence-corrected chi connectivity index (χ0v) is 18.9. The van der Waals surface area contributed by atoms with E-state index in [-0.39, 0.29) is 11.9 Å². The number of piperazine rings is 1. The van der Waals surface area contributed by atoms with Crippen LogP contribution in [0.5, 0.6) is 0 Å². The molecule has 1 amide bonds. The van der Waals surface area contributed by atoms with Crippen LogP contribution >= 0.6 is 22.9 Å². The Morgan fingerprint density at radius 1 is 1.24 bits per heavy atom. The second-order valence-electron chi connectivity index (χ2n) is 8.01. The van der Waals surface area contributed by atoms with E-state index >= 15 is 0 Å². The van der Waals surface area contributed by atoms with Gasteiger partial charge in [-0.3, -0.25) is 19.3 Å². The van der Waals surface area contributed by atoms with Crippen LogP contribution in [0.25, 0.3) is 0 Å². The quantitative estimate of drug-likeness (QED) is 0.699. The second-order valence-corrected chi connectivity index (χ2v) is 9.34. The summed E-state index contributed by atoms with van der Waals surface area (Å²) < 4.78 is 1.77. The SMILES string of the molecule is CCc1nn(C)c(Cl)c1CN1CCN(CC(=O)N2CCCC2c2cccs2)CC1. The van der Waals surface area contributed by atoms with Gasteiger partial charge in [-0.2, -0.15) is 5.10 Å². The maximum atomic E-state index is 13.0. The van der Waals surface area contributed by atoms with E-state index in [1.807, 2.05) is 7.05 Å². The van der Waals surface area contributed by atoms with Crippen molar-refractivity contribution < 1.29 is 4.79 Å². The highest BCUT2D eigenvalue weighted by Gasteiger charge is 2.32. The van der Waals surface area contributed by atoms with Crippen molar-refractivity contribution in [2.75, 3.05) is 39.3 Å². The van der Waals surface area contributed by atoms with Crippen LogP contribution in [0.2, 0.25) is 5.15 Å². The van der Waals surface area contributed by atoms with Gasteiger partial charge in [-0.1, -0.05) is 24.6 Å². The third-order valence-electron chi connectivity index (χ3n) is 6.14. The fraction of sp³-hybridized carbons (Fsp3) is 0.619. The topological polar surface area (TPSA) is 44.6 Å². The Labute approximate surface area is 182 Å². The first kappa shape index (κ1) is 20.8. The number of thiophene rings is 1. The number of nitrogens with zero attached hydrogens (tertiary/aromatic N) is 5. The molecular weight excluding hydrogens is 406 g/mol. The van der Waals surface area contributed by atoms with Crippen LogP contribution in [0.3, 0.4) is 0 Å². The highest BCUT2D eigenvalue weighted by molar-refractivity contribution is 7.10. The van der Waals surface area contributed by atoms with Crippen molar-refractivity contribution in [3.63, 3.8) is 0 Å². The summed E-state index contributed by atoms with van der Waals surface area (Å²) in [6.45, 7) is 8.12. The summed E-state index contributed by atoms with van der Waals surface area (Å²) in [7, 11) is 1.90. The zero-order valence-electron chi connectivity index (χ0n) is 17.3. The lowest BCUT2D eigenvalue weighted by Crippen LogP contribution is -2.49. The Morgan fingerprint density at radius 2 is 2.00 bits per heavy atom. The fourth-order valence-electron chi connectivity index (χ4n) is 4.49. The molecule has 4 rings (SSSR count). The Kier molecular flexibility index (Phi) is 6.59. The monoisotopic (exact) mass is 435 g/mol. The van der Waals surface area contributed by atoms with Crippen molar-refractivity contribution in [2.45, 2.75) is 38.8 Å². The highest BCUT2D eigenvalue weighted by atomic mass is 35.5. The number of likely N-dealkylation sites (tertiary alicyclic amines) is 1. The van der Waals surface area contributed by atoms with Crippen LogP contribution in [0, 0.1) is 0 Å². The molecule has 8 heteroatoms. The molecule has 1 atom stereocenters. The first-order chi connectivity index (χ1) is 14.1. The van der Waals surface area contributed by atoms with Crippen LogP contribution < -0.4 is 0 Å². The van der Waals surface area contributed by atoms with Crippen molar-refractivity contribution in [3.05, 3.63) is 38.8 Å². The zero-order chi connectivity index (χ0) is 20.4. The molecule has 29 heavy (non-hydrogen) atoms. The minimum Gasteiger partial charge on any atom is -0.334 e. The average molecular weight is 436 g/mol. The van der Waals surface area contributed by atoms with Crippen LogP contribution in [0.4, 0.5) is 0 Å². The van der Waals surface area contributed by atoms with Gasteiger partial charge in [0.1, 0.15) is 5.15 Å². The van der Waals surface area contributed by atoms with Crippen LogP contribution in [0.1, 0.15) is 41.9 Å². The third kappa shape index (κ3) is 4.53. The van der Waals surface area contributed by atoms with Gasteiger partial charge in [-0.05, 0) is 30.7 Å². The number of hydrogen-bond acceptors (Lipinski definition) is 5. The summed E-state index contributed by atoms with van der Waals surface area (Å²) in [5.74, 6) is 0.276. The molecule has 0 aliphatic carbocycles. The normalized spacial score (nSPS) is 21.2. The van der Waals surface area contributed by atoms with E-state index in [2.05, 4.69) is 44.2 Å². The molecule has 0 bridgehead atoms. The first-order valence-electron chi connectivity index (χ1n) is 10.5. The maximum Gasteiger partial charge on any atom is 0.237 e. The molecule has 6 nitrogen and oxygen atoms in total. The van der Waals surface area contributed by atoms with Crippen molar-refractivity contribution in [3.8, 4) is 0 Å². The Balaban J connectivity index is 1.29. The number of carbonyl (C=O) groups is 1. The number of carbonyl (C=O) groups excluding carboxylic acids is 1. The average Bonchev–Trinajstić information content (AvgIpc) is 3.46. The lowest BCUT2D eigenvalue weighted by atomic mass is 10.1. The molecule has 0 spiro atoms. The number of amides is 1. The molecule has 2 aliphatic rings. The Morgan fingerprint density at radius 3 is 2.69 bits per heavy atom. The van der Waals surface area contributed by atoms with Gasteiger partial charge >= 0.3 is 0 Å². The molecule has 2 saturated heterocycles. The van der Waals surface area contributed by atoms with Crippen LogP contribution in [-0.2, 0) is 24.8 Å². The van der Waals surface area contributed by atoms with Crippen molar-refractivity contribution in [1.82, 2.24) is 24.5 Å². The van der Waals surface area contributed by atoms with Crippen molar-refractivity contribution >= 4 is 28.8 Å². The molecule has 0 aromatic carbocycles. The van der Waals surface area contributed by atoms with Gasteiger partial charge < -0.3 is 4.90 Å². The summed E-state index contributed by atoms with van der Waals surface area (Å²) in [6, 6.07) is 4.52. The van der Waals surface area contributed by atoms with Gasteiger partial charge in [-0.15, -0.1) is 11.3 Å². The smallest absolute Gasteiger partial charge is 0.237 e. The molecular formula is C21H30ClN5OS. The van der Waals surface area contributed by atoms with E-state index in [9.17, 15) is 4.79 Å². The Bertz CT molecular complexity index is 828. The van der Waals surface area contributed by atoms with Crippen molar-refractivity contribution in [2.24, 2.45) is 7.05 Å². The van der Waals surface area contributed by atoms with Gasteiger partial charge in [0, 0.05) is 56.8 Å². The van der Waals surface area contributed by atoms with Gasteiger partial charge in [0.25, 0.3) is 0 Å². The van der Waals surface area contributed by atoms with E-state index in [0.29, 0.717) is 6.54 Å². The molecule has 2 aliphatic heterocycles. The number of rotatable bonds is 6. The molecule has 0 saturated carbocycles. The summed E-state index contributed by atoms with van der Waals surface area (Å²) in [6.07, 6.45) is 3.09. The standard InChI is InChI=1S/C21H30ClN5OS/c1-3-17-16(21(22)24(2)23-17)14-25-9-11-26(12-10-25)15-20(28)27-8-4-6-18(27)19-7-5-13-29-19/h5,7,13,18H,3-4,6,8-12,14-15H2,1-2H3. The van der Waals surface area contributed by atoms with Gasteiger partial charge in [0.15, 0.2) is 0 Å². The van der Waals surface area contributed by atoms with E-state index < -0.39 is 0 Å². The molecule has 4 heterocycles. The van der Waals surface area contributed by atoms with E-state index in [4.69, 9.17) is 11.6 Å². The minimum absolute atomic E-state index is 0.276. The lowest BCUT2D eigenvalue weighted by molar-refractivity contribution is -0.133. The van der Waals surface area contributed by atoms with Gasteiger partial charge in [0.05, 0.1) is 18.3 Å². The summed E-state index contributed by atoms with van der Waals surface area (Å²) in [4.78, 5) is 21.1. The highest BCUT2D eigenvalue weighted by Crippen LogP contribution is 2.34. The number of aromatic nitrogens is 2. The van der Waals surface area contributed by atoms with E-state index in [0.717, 1.165) is 74.9 Å². The molecule has 158 valence electrons. The number of halogens is 1. The molecule has 2 fully saturated rings. The second kappa shape index (κ2) is 9.16. The van der Waals surface area contributed by atoms with E-state index in [1.165, 1.54) is 4.88 Å². The van der Waals surface area contributed by atoms with E-state index in [1.54, 1.807) is 16.0 Å². The van der Waals surface area contributed by atoms with Gasteiger partial charge in [-0.25, -0.2) is 0 Å². The predicted octanol–water partition coefficient (Wildman–Crippen LogP) is 3.18. The summed E-state index contributed by atoms with van der Waals surface area (Å²) >= 11 is 8.21. The van der Waals surface area contributed by atoms with Crippen LogP contribution in [0.15, 0.2) is 17.5 Å². The number of hydrogen-bond donors (Lipinski definition) is 0. The largest absolute Gasteiger partial charge is 0.334 e.